The number of aryl methyl sites for hydroxylation is 1. The van der Waals surface area contributed by atoms with E-state index >= 15 is 0 Å². The normalized spacial score (nSPS) is 11.4. The van der Waals surface area contributed by atoms with Crippen molar-refractivity contribution in [1.82, 2.24) is 4.98 Å². The topological polar surface area (TPSA) is 98.9 Å². The first-order valence-electron chi connectivity index (χ1n) is 8.65. The van der Waals surface area contributed by atoms with Gasteiger partial charge in [0.05, 0.1) is 7.11 Å². The summed E-state index contributed by atoms with van der Waals surface area (Å²) >= 11 is 5.84. The average Bonchev–Trinajstić information content (AvgIpc) is 3.06. The van der Waals surface area contributed by atoms with E-state index < -0.39 is 15.9 Å². The van der Waals surface area contributed by atoms with Crippen LogP contribution in [0, 0.1) is 6.92 Å². The molecule has 0 atom stereocenters. The van der Waals surface area contributed by atoms with Crippen LogP contribution in [0.15, 0.2) is 46.9 Å². The maximum Gasteiger partial charge on any atom is 0.269 e. The number of aromatic nitrogens is 1. The number of methoxy groups -OCH3 is 1. The van der Waals surface area contributed by atoms with Gasteiger partial charge in [0.2, 0.25) is 5.89 Å². The van der Waals surface area contributed by atoms with Gasteiger partial charge in [-0.25, -0.2) is 4.98 Å². The standard InChI is InChI=1S/C20H20ClNO6S/c1-13-17(11-27-18-7-6-14(10-21)9-19(18)26-2)22-20(28-13)16-5-3-4-15(8-16)12-29(23,24)25/h3-9H,10-12H2,1-2H3,(H,23,24,25). The second-order valence-electron chi connectivity index (χ2n) is 6.36. The van der Waals surface area contributed by atoms with Crippen LogP contribution in [0.3, 0.4) is 0 Å². The average molecular weight is 438 g/mol. The van der Waals surface area contributed by atoms with Crippen LogP contribution in [0.4, 0.5) is 0 Å². The van der Waals surface area contributed by atoms with Gasteiger partial charge in [-0.1, -0.05) is 18.2 Å². The van der Waals surface area contributed by atoms with Crippen LogP contribution in [0.5, 0.6) is 11.5 Å². The zero-order valence-corrected chi connectivity index (χ0v) is 17.5. The Morgan fingerprint density at radius 3 is 2.62 bits per heavy atom. The number of rotatable bonds is 8. The highest BCUT2D eigenvalue weighted by molar-refractivity contribution is 7.85. The van der Waals surface area contributed by atoms with E-state index in [0.717, 1.165) is 5.56 Å². The van der Waals surface area contributed by atoms with Crippen LogP contribution in [0.2, 0.25) is 0 Å². The minimum Gasteiger partial charge on any atom is -0.493 e. The third-order valence-electron chi connectivity index (χ3n) is 4.16. The summed E-state index contributed by atoms with van der Waals surface area (Å²) in [6.07, 6.45) is 0. The molecule has 3 aromatic rings. The van der Waals surface area contributed by atoms with Crippen molar-refractivity contribution >= 4 is 21.7 Å². The van der Waals surface area contributed by atoms with Crippen LogP contribution < -0.4 is 9.47 Å². The molecule has 3 rings (SSSR count). The minimum atomic E-state index is -4.12. The molecule has 154 valence electrons. The number of benzene rings is 2. The first-order valence-corrected chi connectivity index (χ1v) is 10.8. The molecule has 29 heavy (non-hydrogen) atoms. The molecule has 9 heteroatoms. The van der Waals surface area contributed by atoms with E-state index in [1.54, 1.807) is 44.4 Å². The summed E-state index contributed by atoms with van der Waals surface area (Å²) in [6.45, 7) is 1.93. The van der Waals surface area contributed by atoms with Gasteiger partial charge < -0.3 is 13.9 Å². The molecular weight excluding hydrogens is 418 g/mol. The maximum absolute atomic E-state index is 11.1. The predicted octanol–water partition coefficient (Wildman–Crippen LogP) is 4.36. The summed E-state index contributed by atoms with van der Waals surface area (Å²) in [5, 5.41) is 0. The fraction of sp³-hybridized carbons (Fsp3) is 0.250. The fourth-order valence-corrected chi connectivity index (χ4v) is 3.52. The van der Waals surface area contributed by atoms with Crippen molar-refractivity contribution < 1.29 is 26.9 Å². The van der Waals surface area contributed by atoms with Crippen LogP contribution in [-0.4, -0.2) is 25.1 Å². The van der Waals surface area contributed by atoms with E-state index in [4.69, 9.17) is 30.0 Å². The lowest BCUT2D eigenvalue weighted by molar-refractivity contribution is 0.279. The summed E-state index contributed by atoms with van der Waals surface area (Å²) in [5.74, 6) is 1.94. The van der Waals surface area contributed by atoms with Crippen molar-refractivity contribution in [3.63, 3.8) is 0 Å². The summed E-state index contributed by atoms with van der Waals surface area (Å²) in [7, 11) is -2.57. The number of hydrogen-bond acceptors (Lipinski definition) is 6. The largest absolute Gasteiger partial charge is 0.493 e. The van der Waals surface area contributed by atoms with E-state index in [0.29, 0.717) is 45.9 Å². The summed E-state index contributed by atoms with van der Waals surface area (Å²) in [6, 6.07) is 12.1. The van der Waals surface area contributed by atoms with Crippen LogP contribution in [0.25, 0.3) is 11.5 Å². The fourth-order valence-electron chi connectivity index (χ4n) is 2.75. The Balaban J connectivity index is 1.79. The van der Waals surface area contributed by atoms with E-state index in [9.17, 15) is 8.42 Å². The molecule has 1 heterocycles. The monoisotopic (exact) mass is 437 g/mol. The molecule has 1 aromatic heterocycles. The number of nitrogens with zero attached hydrogens (tertiary/aromatic N) is 1. The first-order chi connectivity index (χ1) is 13.8. The summed E-state index contributed by atoms with van der Waals surface area (Å²) < 4.78 is 48.1. The minimum absolute atomic E-state index is 0.163. The van der Waals surface area contributed by atoms with Gasteiger partial charge in [0, 0.05) is 11.4 Å². The molecule has 0 aliphatic carbocycles. The van der Waals surface area contributed by atoms with Crippen molar-refractivity contribution in [3.05, 3.63) is 65.0 Å². The molecule has 0 radical (unpaired) electrons. The van der Waals surface area contributed by atoms with Crippen molar-refractivity contribution in [2.24, 2.45) is 0 Å². The van der Waals surface area contributed by atoms with Gasteiger partial charge in [0.15, 0.2) is 11.5 Å². The lowest BCUT2D eigenvalue weighted by atomic mass is 10.1. The Morgan fingerprint density at radius 1 is 1.14 bits per heavy atom. The second kappa shape index (κ2) is 8.86. The van der Waals surface area contributed by atoms with E-state index in [2.05, 4.69) is 4.98 Å². The SMILES string of the molecule is COc1cc(CCl)ccc1OCc1nc(-c2cccc(CS(=O)(=O)O)c2)oc1C. The third kappa shape index (κ3) is 5.50. The Labute approximate surface area is 174 Å². The van der Waals surface area contributed by atoms with Crippen molar-refractivity contribution in [1.29, 1.82) is 0 Å². The molecule has 0 fully saturated rings. The highest BCUT2D eigenvalue weighted by Gasteiger charge is 2.15. The zero-order chi connectivity index (χ0) is 21.0. The van der Waals surface area contributed by atoms with E-state index in [1.165, 1.54) is 0 Å². The van der Waals surface area contributed by atoms with Crippen molar-refractivity contribution in [2.45, 2.75) is 25.2 Å². The molecule has 0 saturated carbocycles. The van der Waals surface area contributed by atoms with Gasteiger partial charge in [0.1, 0.15) is 23.8 Å². The lowest BCUT2D eigenvalue weighted by Gasteiger charge is -2.10. The second-order valence-corrected chi connectivity index (χ2v) is 8.08. The van der Waals surface area contributed by atoms with Gasteiger partial charge in [0.25, 0.3) is 10.1 Å². The van der Waals surface area contributed by atoms with Crippen molar-refractivity contribution in [3.8, 4) is 23.0 Å². The molecule has 1 N–H and O–H groups in total. The molecule has 0 aliphatic rings. The van der Waals surface area contributed by atoms with Gasteiger partial charge in [-0.05, 0) is 42.3 Å². The maximum atomic E-state index is 11.1. The quantitative estimate of drug-likeness (QED) is 0.412. The zero-order valence-electron chi connectivity index (χ0n) is 15.9. The molecule has 0 aliphatic heterocycles. The first kappa shape index (κ1) is 21.2. The van der Waals surface area contributed by atoms with Crippen molar-refractivity contribution in [2.75, 3.05) is 7.11 Å². The number of halogens is 1. The number of oxazole rings is 1. The lowest BCUT2D eigenvalue weighted by Crippen LogP contribution is -2.01. The number of hydrogen-bond donors (Lipinski definition) is 1. The van der Waals surface area contributed by atoms with Gasteiger partial charge in [-0.15, -0.1) is 11.6 Å². The summed E-state index contributed by atoms with van der Waals surface area (Å²) in [4.78, 5) is 4.46. The Kier molecular flexibility index (Phi) is 6.46. The predicted molar refractivity (Wildman–Crippen MR) is 109 cm³/mol. The highest BCUT2D eigenvalue weighted by Crippen LogP contribution is 2.30. The molecule has 2 aromatic carbocycles. The number of ether oxygens (including phenoxy) is 2. The molecule has 7 nitrogen and oxygen atoms in total. The van der Waals surface area contributed by atoms with Crippen LogP contribution in [0.1, 0.15) is 22.6 Å². The molecule has 0 unspecified atom stereocenters. The van der Waals surface area contributed by atoms with E-state index in [-0.39, 0.29) is 6.61 Å². The molecule has 0 saturated heterocycles. The van der Waals surface area contributed by atoms with Gasteiger partial charge in [-0.2, -0.15) is 8.42 Å². The highest BCUT2D eigenvalue weighted by atomic mass is 35.5. The molecular formula is C20H20ClNO6S. The third-order valence-corrected chi connectivity index (χ3v) is 5.17. The number of alkyl halides is 1. The molecule has 0 spiro atoms. The summed E-state index contributed by atoms with van der Waals surface area (Å²) in [5.41, 5.74) is 2.55. The van der Waals surface area contributed by atoms with Gasteiger partial charge in [-0.3, -0.25) is 4.55 Å². The van der Waals surface area contributed by atoms with E-state index in [1.807, 2.05) is 12.1 Å². The Hall–Kier alpha value is -2.55. The van der Waals surface area contributed by atoms with Crippen LogP contribution in [-0.2, 0) is 28.4 Å². The smallest absolute Gasteiger partial charge is 0.269 e. The Bertz CT molecular complexity index is 1110. The molecule has 0 amide bonds. The Morgan fingerprint density at radius 2 is 1.93 bits per heavy atom. The molecule has 0 bridgehead atoms. The van der Waals surface area contributed by atoms with Crippen LogP contribution >= 0.6 is 11.6 Å². The van der Waals surface area contributed by atoms with Gasteiger partial charge >= 0.3 is 0 Å².